The van der Waals surface area contributed by atoms with Gasteiger partial charge in [0.15, 0.2) is 11.5 Å². The second-order valence-electron chi connectivity index (χ2n) is 6.39. The summed E-state index contributed by atoms with van der Waals surface area (Å²) in [5, 5.41) is 16.9. The Hall–Kier alpha value is -2.27. The minimum Gasteiger partial charge on any atom is -0.316 e. The zero-order valence-corrected chi connectivity index (χ0v) is 13.6. The van der Waals surface area contributed by atoms with Gasteiger partial charge in [-0.25, -0.2) is 0 Å². The molecule has 23 heavy (non-hydrogen) atoms. The fraction of sp³-hybridized carbons (Fsp3) is 0.389. The van der Waals surface area contributed by atoms with E-state index >= 15 is 0 Å². The first-order valence-electron chi connectivity index (χ1n) is 8.23. The van der Waals surface area contributed by atoms with Crippen LogP contribution in [-0.2, 0) is 0 Å². The highest BCUT2D eigenvalue weighted by Crippen LogP contribution is 2.24. The lowest BCUT2D eigenvalue weighted by Crippen LogP contribution is -2.29. The maximum Gasteiger partial charge on any atom is 0.177 e. The number of aromatic nitrogens is 4. The molecule has 5 heteroatoms. The van der Waals surface area contributed by atoms with Crippen molar-refractivity contribution in [2.45, 2.75) is 32.6 Å². The van der Waals surface area contributed by atoms with Gasteiger partial charge in [0.2, 0.25) is 0 Å². The molecule has 1 fully saturated rings. The Balaban J connectivity index is 1.78. The number of nitrogens with one attached hydrogen (secondary N) is 1. The summed E-state index contributed by atoms with van der Waals surface area (Å²) < 4.78 is 1.92. The van der Waals surface area contributed by atoms with E-state index in [1.165, 1.54) is 17.5 Å². The van der Waals surface area contributed by atoms with Crippen LogP contribution in [0.5, 0.6) is 0 Å². The van der Waals surface area contributed by atoms with E-state index in [0.29, 0.717) is 5.92 Å². The van der Waals surface area contributed by atoms with Gasteiger partial charge >= 0.3 is 0 Å². The van der Waals surface area contributed by atoms with Crippen LogP contribution in [0.4, 0.5) is 0 Å². The highest BCUT2D eigenvalue weighted by atomic mass is 15.4. The van der Waals surface area contributed by atoms with Gasteiger partial charge < -0.3 is 5.32 Å². The molecule has 118 valence electrons. The number of hydrogen-bond donors (Lipinski definition) is 1. The smallest absolute Gasteiger partial charge is 0.177 e. The minimum atomic E-state index is 0.390. The quantitative estimate of drug-likeness (QED) is 0.791. The number of hydrogen-bond acceptors (Lipinski definition) is 4. The molecular formula is C18H21N5. The Labute approximate surface area is 135 Å². The van der Waals surface area contributed by atoms with Crippen molar-refractivity contribution >= 4 is 5.65 Å². The third kappa shape index (κ3) is 2.61. The summed E-state index contributed by atoms with van der Waals surface area (Å²) in [6.45, 7) is 6.31. The fourth-order valence-corrected chi connectivity index (χ4v) is 3.19. The molecule has 1 aromatic carbocycles. The summed E-state index contributed by atoms with van der Waals surface area (Å²) in [4.78, 5) is 0. The van der Waals surface area contributed by atoms with E-state index < -0.39 is 0 Å². The van der Waals surface area contributed by atoms with Crippen molar-refractivity contribution in [3.05, 3.63) is 47.3 Å². The van der Waals surface area contributed by atoms with E-state index in [-0.39, 0.29) is 0 Å². The maximum atomic E-state index is 4.82. The molecule has 1 N–H and O–H groups in total. The van der Waals surface area contributed by atoms with Gasteiger partial charge in [0.1, 0.15) is 0 Å². The van der Waals surface area contributed by atoms with Crippen molar-refractivity contribution in [3.8, 4) is 11.3 Å². The molecule has 5 nitrogen and oxygen atoms in total. The lowest BCUT2D eigenvalue weighted by Gasteiger charge is -2.20. The standard InChI is InChI=1S/C18H21N5/c1-12-5-6-14(10-13(12)2)16-7-8-17-20-21-18(23(17)22-16)15-4-3-9-19-11-15/h5-8,10,15,19H,3-4,9,11H2,1-2H3/t15-/m0/s1. The predicted octanol–water partition coefficient (Wildman–Crippen LogP) is 2.88. The number of piperidine rings is 1. The van der Waals surface area contributed by atoms with Gasteiger partial charge in [-0.2, -0.15) is 9.61 Å². The van der Waals surface area contributed by atoms with E-state index in [4.69, 9.17) is 5.10 Å². The number of nitrogens with zero attached hydrogens (tertiary/aromatic N) is 4. The Bertz CT molecular complexity index is 846. The van der Waals surface area contributed by atoms with Crippen LogP contribution in [0.15, 0.2) is 30.3 Å². The average molecular weight is 307 g/mol. The minimum absolute atomic E-state index is 0.390. The van der Waals surface area contributed by atoms with Gasteiger partial charge in [-0.15, -0.1) is 10.2 Å². The Morgan fingerprint density at radius 3 is 2.78 bits per heavy atom. The van der Waals surface area contributed by atoms with Crippen molar-refractivity contribution in [3.63, 3.8) is 0 Å². The lowest BCUT2D eigenvalue weighted by atomic mass is 9.99. The van der Waals surface area contributed by atoms with E-state index in [9.17, 15) is 0 Å². The number of fused-ring (bicyclic) bond motifs is 1. The first kappa shape index (κ1) is 14.3. The largest absolute Gasteiger partial charge is 0.316 e. The zero-order chi connectivity index (χ0) is 15.8. The number of aryl methyl sites for hydroxylation is 2. The summed E-state index contributed by atoms with van der Waals surface area (Å²) in [5.41, 5.74) is 5.50. The highest BCUT2D eigenvalue weighted by Gasteiger charge is 2.21. The Morgan fingerprint density at radius 2 is 2.00 bits per heavy atom. The van der Waals surface area contributed by atoms with E-state index in [1.807, 2.05) is 16.6 Å². The number of rotatable bonds is 2. The third-order valence-electron chi connectivity index (χ3n) is 4.75. The van der Waals surface area contributed by atoms with Crippen LogP contribution in [0, 0.1) is 13.8 Å². The molecule has 2 aromatic heterocycles. The first-order chi connectivity index (χ1) is 11.2. The van der Waals surface area contributed by atoms with Crippen LogP contribution >= 0.6 is 0 Å². The van der Waals surface area contributed by atoms with Crippen molar-refractivity contribution in [2.75, 3.05) is 13.1 Å². The van der Waals surface area contributed by atoms with Gasteiger partial charge in [0, 0.05) is 18.0 Å². The molecule has 0 spiro atoms. The summed E-state index contributed by atoms with van der Waals surface area (Å²) in [6, 6.07) is 10.5. The van der Waals surface area contributed by atoms with Crippen LogP contribution in [0.25, 0.3) is 16.9 Å². The fourth-order valence-electron chi connectivity index (χ4n) is 3.19. The summed E-state index contributed by atoms with van der Waals surface area (Å²) in [5.74, 6) is 1.36. The Morgan fingerprint density at radius 1 is 1.09 bits per heavy atom. The predicted molar refractivity (Wildman–Crippen MR) is 90.5 cm³/mol. The van der Waals surface area contributed by atoms with Gasteiger partial charge in [0.05, 0.1) is 5.69 Å². The summed E-state index contributed by atoms with van der Waals surface area (Å²) in [6.07, 6.45) is 2.32. The maximum absolute atomic E-state index is 4.82. The van der Waals surface area contributed by atoms with E-state index in [0.717, 1.165) is 42.2 Å². The van der Waals surface area contributed by atoms with Crippen LogP contribution in [0.3, 0.4) is 0 Å². The van der Waals surface area contributed by atoms with Crippen molar-refractivity contribution in [2.24, 2.45) is 0 Å². The molecule has 0 radical (unpaired) electrons. The van der Waals surface area contributed by atoms with Gasteiger partial charge in [-0.05, 0) is 62.6 Å². The third-order valence-corrected chi connectivity index (χ3v) is 4.75. The lowest BCUT2D eigenvalue weighted by molar-refractivity contribution is 0.440. The number of benzene rings is 1. The van der Waals surface area contributed by atoms with Crippen LogP contribution in [0.2, 0.25) is 0 Å². The molecule has 0 saturated carbocycles. The zero-order valence-electron chi connectivity index (χ0n) is 13.6. The average Bonchev–Trinajstić information content (AvgIpc) is 3.01. The van der Waals surface area contributed by atoms with E-state index in [1.54, 1.807) is 0 Å². The van der Waals surface area contributed by atoms with Crippen LogP contribution in [-0.4, -0.2) is 32.9 Å². The van der Waals surface area contributed by atoms with Gasteiger partial charge in [-0.3, -0.25) is 0 Å². The summed E-state index contributed by atoms with van der Waals surface area (Å²) >= 11 is 0. The second kappa shape index (κ2) is 5.74. The van der Waals surface area contributed by atoms with Gasteiger partial charge in [-0.1, -0.05) is 12.1 Å². The molecular weight excluding hydrogens is 286 g/mol. The molecule has 1 saturated heterocycles. The Kier molecular flexibility index (Phi) is 3.58. The normalized spacial score (nSPS) is 18.4. The molecule has 0 bridgehead atoms. The molecule has 1 aliphatic rings. The van der Waals surface area contributed by atoms with Crippen molar-refractivity contribution in [1.82, 2.24) is 25.1 Å². The van der Waals surface area contributed by atoms with Crippen LogP contribution < -0.4 is 5.32 Å². The molecule has 3 heterocycles. The molecule has 0 aliphatic carbocycles. The molecule has 4 rings (SSSR count). The molecule has 0 unspecified atom stereocenters. The van der Waals surface area contributed by atoms with Crippen molar-refractivity contribution < 1.29 is 0 Å². The van der Waals surface area contributed by atoms with Gasteiger partial charge in [0.25, 0.3) is 0 Å². The first-order valence-corrected chi connectivity index (χ1v) is 8.23. The monoisotopic (exact) mass is 307 g/mol. The molecule has 1 aliphatic heterocycles. The van der Waals surface area contributed by atoms with Crippen LogP contribution in [0.1, 0.15) is 35.7 Å². The molecule has 1 atom stereocenters. The molecule has 0 amide bonds. The van der Waals surface area contributed by atoms with E-state index in [2.05, 4.69) is 47.6 Å². The molecule has 3 aromatic rings. The van der Waals surface area contributed by atoms with Crippen molar-refractivity contribution in [1.29, 1.82) is 0 Å². The highest BCUT2D eigenvalue weighted by molar-refractivity contribution is 5.62. The SMILES string of the molecule is Cc1ccc(-c2ccc3nnc([C@H]4CCCNC4)n3n2)cc1C. The summed E-state index contributed by atoms with van der Waals surface area (Å²) in [7, 11) is 0. The second-order valence-corrected chi connectivity index (χ2v) is 6.39. The topological polar surface area (TPSA) is 55.1 Å².